The van der Waals surface area contributed by atoms with Crippen LogP contribution < -0.4 is 4.90 Å². The zero-order valence-corrected chi connectivity index (χ0v) is 14.4. The summed E-state index contributed by atoms with van der Waals surface area (Å²) in [6.07, 6.45) is 2.13. The van der Waals surface area contributed by atoms with Crippen molar-refractivity contribution in [1.82, 2.24) is 4.90 Å². The number of para-hydroxylation sites is 1. The van der Waals surface area contributed by atoms with E-state index in [-0.39, 0.29) is 17.7 Å². The van der Waals surface area contributed by atoms with E-state index in [0.717, 1.165) is 5.69 Å². The third-order valence-electron chi connectivity index (χ3n) is 5.38. The van der Waals surface area contributed by atoms with E-state index < -0.39 is 17.9 Å². The Hall–Kier alpha value is -2.37. The third-order valence-corrected chi connectivity index (χ3v) is 5.38. The minimum atomic E-state index is -0.828. The van der Waals surface area contributed by atoms with Crippen LogP contribution in [0.25, 0.3) is 0 Å². The van der Waals surface area contributed by atoms with Crippen LogP contribution in [0.4, 0.5) is 5.69 Å². The quantitative estimate of drug-likeness (QED) is 0.888. The average molecular weight is 344 g/mol. The lowest BCUT2D eigenvalue weighted by Gasteiger charge is -2.29. The van der Waals surface area contributed by atoms with Crippen LogP contribution in [-0.2, 0) is 14.4 Å². The summed E-state index contributed by atoms with van der Waals surface area (Å²) in [6, 6.07) is 9.04. The van der Waals surface area contributed by atoms with Crippen molar-refractivity contribution < 1.29 is 19.5 Å². The van der Waals surface area contributed by atoms with Gasteiger partial charge < -0.3 is 14.9 Å². The molecule has 1 aliphatic heterocycles. The van der Waals surface area contributed by atoms with Crippen molar-refractivity contribution in [3.63, 3.8) is 0 Å². The first-order valence-corrected chi connectivity index (χ1v) is 8.92. The van der Waals surface area contributed by atoms with Crippen molar-refractivity contribution in [3.05, 3.63) is 30.3 Å². The first-order valence-electron chi connectivity index (χ1n) is 8.92. The molecule has 3 rings (SSSR count). The first-order chi connectivity index (χ1) is 12.0. The van der Waals surface area contributed by atoms with Crippen LogP contribution in [0.1, 0.15) is 32.6 Å². The molecule has 1 aliphatic carbocycles. The number of rotatable bonds is 5. The van der Waals surface area contributed by atoms with Gasteiger partial charge in [0.25, 0.3) is 0 Å². The second-order valence-electron chi connectivity index (χ2n) is 6.80. The fourth-order valence-electron chi connectivity index (χ4n) is 4.01. The van der Waals surface area contributed by atoms with Crippen molar-refractivity contribution >= 4 is 23.5 Å². The highest BCUT2D eigenvalue weighted by Gasteiger charge is 2.42. The fourth-order valence-corrected chi connectivity index (χ4v) is 4.01. The Labute approximate surface area is 147 Å². The molecule has 2 fully saturated rings. The number of carbonyl (C=O) groups excluding carboxylic acids is 2. The van der Waals surface area contributed by atoms with E-state index >= 15 is 0 Å². The molecule has 1 unspecified atom stereocenters. The Morgan fingerprint density at radius 3 is 2.44 bits per heavy atom. The maximum atomic E-state index is 12.9. The van der Waals surface area contributed by atoms with Crippen molar-refractivity contribution in [2.45, 2.75) is 38.6 Å². The highest BCUT2D eigenvalue weighted by molar-refractivity contribution is 6.01. The Morgan fingerprint density at radius 1 is 1.16 bits per heavy atom. The number of aliphatic carboxylic acids is 1. The van der Waals surface area contributed by atoms with Gasteiger partial charge in [0.2, 0.25) is 11.8 Å². The average Bonchev–Trinajstić information content (AvgIpc) is 3.24. The number of carboxylic acids is 1. The van der Waals surface area contributed by atoms with Gasteiger partial charge in [-0.25, -0.2) is 0 Å². The molecular weight excluding hydrogens is 320 g/mol. The Kier molecular flexibility index (Phi) is 5.06. The van der Waals surface area contributed by atoms with E-state index in [1.165, 1.54) is 0 Å². The smallest absolute Gasteiger partial charge is 0.306 e. The molecule has 3 atom stereocenters. The number of nitrogens with zero attached hydrogens (tertiary/aromatic N) is 2. The third kappa shape index (κ3) is 3.38. The van der Waals surface area contributed by atoms with E-state index in [4.69, 9.17) is 5.11 Å². The first kappa shape index (κ1) is 17.5. The molecular formula is C19H24N2O4. The summed E-state index contributed by atoms with van der Waals surface area (Å²) in [7, 11) is 0. The van der Waals surface area contributed by atoms with Crippen LogP contribution in [0.15, 0.2) is 30.3 Å². The number of hydrogen-bond acceptors (Lipinski definition) is 3. The van der Waals surface area contributed by atoms with Crippen LogP contribution >= 0.6 is 0 Å². The monoisotopic (exact) mass is 344 g/mol. The van der Waals surface area contributed by atoms with Gasteiger partial charge in [-0.1, -0.05) is 18.2 Å². The minimum Gasteiger partial charge on any atom is -0.481 e. The summed E-state index contributed by atoms with van der Waals surface area (Å²) in [5.74, 6) is -1.66. The largest absolute Gasteiger partial charge is 0.481 e. The van der Waals surface area contributed by atoms with Crippen molar-refractivity contribution in [3.8, 4) is 0 Å². The fraction of sp³-hybridized carbons (Fsp3) is 0.526. The summed E-state index contributed by atoms with van der Waals surface area (Å²) in [5.41, 5.74) is 0.852. The topological polar surface area (TPSA) is 77.9 Å². The zero-order chi connectivity index (χ0) is 18.0. The zero-order valence-electron chi connectivity index (χ0n) is 14.4. The van der Waals surface area contributed by atoms with Crippen molar-refractivity contribution in [2.24, 2.45) is 11.8 Å². The molecule has 6 nitrogen and oxygen atoms in total. The lowest BCUT2D eigenvalue weighted by molar-refractivity contribution is -0.143. The molecule has 1 aromatic rings. The van der Waals surface area contributed by atoms with Gasteiger partial charge in [0, 0.05) is 24.7 Å². The molecule has 1 saturated heterocycles. The SMILES string of the molecule is CCN(C(=O)[C@@H]1CC[C@H](C(=O)O)C1)C1CCN(c2ccccc2)C1=O. The van der Waals surface area contributed by atoms with Gasteiger partial charge >= 0.3 is 5.97 Å². The van der Waals surface area contributed by atoms with Crippen LogP contribution in [-0.4, -0.2) is 46.9 Å². The predicted molar refractivity (Wildman–Crippen MR) is 93.1 cm³/mol. The molecule has 0 bridgehead atoms. The highest BCUT2D eigenvalue weighted by atomic mass is 16.4. The minimum absolute atomic E-state index is 0.0471. The van der Waals surface area contributed by atoms with E-state index in [9.17, 15) is 14.4 Å². The summed E-state index contributed by atoms with van der Waals surface area (Å²) in [6.45, 7) is 2.94. The summed E-state index contributed by atoms with van der Waals surface area (Å²) >= 11 is 0. The second-order valence-corrected chi connectivity index (χ2v) is 6.80. The van der Waals surface area contributed by atoms with Crippen LogP contribution in [0.2, 0.25) is 0 Å². The van der Waals surface area contributed by atoms with Crippen LogP contribution in [0.5, 0.6) is 0 Å². The summed E-state index contributed by atoms with van der Waals surface area (Å²) in [4.78, 5) is 40.2. The van der Waals surface area contributed by atoms with Gasteiger partial charge in [-0.15, -0.1) is 0 Å². The van der Waals surface area contributed by atoms with E-state index in [1.807, 2.05) is 37.3 Å². The summed E-state index contributed by atoms with van der Waals surface area (Å²) < 4.78 is 0. The molecule has 1 saturated carbocycles. The van der Waals surface area contributed by atoms with E-state index in [2.05, 4.69) is 0 Å². The maximum absolute atomic E-state index is 12.9. The van der Waals surface area contributed by atoms with Crippen molar-refractivity contribution in [2.75, 3.05) is 18.0 Å². The molecule has 2 aliphatic rings. The Morgan fingerprint density at radius 2 is 1.84 bits per heavy atom. The van der Waals surface area contributed by atoms with Crippen LogP contribution in [0, 0.1) is 11.8 Å². The molecule has 134 valence electrons. The maximum Gasteiger partial charge on any atom is 0.306 e. The number of carboxylic acid groups (broad SMARTS) is 1. The van der Waals surface area contributed by atoms with Gasteiger partial charge in [0.05, 0.1) is 5.92 Å². The molecule has 0 aromatic heterocycles. The highest BCUT2D eigenvalue weighted by Crippen LogP contribution is 2.34. The molecule has 25 heavy (non-hydrogen) atoms. The predicted octanol–water partition coefficient (Wildman–Crippen LogP) is 2.14. The van der Waals surface area contributed by atoms with Gasteiger partial charge in [-0.05, 0) is 44.7 Å². The number of benzene rings is 1. The van der Waals surface area contributed by atoms with Gasteiger partial charge in [-0.2, -0.15) is 0 Å². The number of carbonyl (C=O) groups is 3. The molecule has 0 spiro atoms. The molecule has 1 heterocycles. The van der Waals surface area contributed by atoms with Gasteiger partial charge in [0.1, 0.15) is 6.04 Å². The molecule has 2 amide bonds. The normalized spacial score (nSPS) is 26.0. The Balaban J connectivity index is 1.70. The van der Waals surface area contributed by atoms with Crippen molar-refractivity contribution in [1.29, 1.82) is 0 Å². The Bertz CT molecular complexity index is 661. The van der Waals surface area contributed by atoms with E-state index in [0.29, 0.717) is 38.8 Å². The standard InChI is InChI=1S/C19H24N2O4/c1-2-20(17(22)13-8-9-14(12-13)19(24)25)16-10-11-21(18(16)23)15-6-4-3-5-7-15/h3-7,13-14,16H,2,8-12H2,1H3,(H,24,25)/t13-,14+,16?/m1/s1. The lowest BCUT2D eigenvalue weighted by Crippen LogP contribution is -2.47. The van der Waals surface area contributed by atoms with Crippen LogP contribution in [0.3, 0.4) is 0 Å². The number of likely N-dealkylation sites (N-methyl/N-ethyl adjacent to an activating group) is 1. The van der Waals surface area contributed by atoms with Gasteiger partial charge in [0.15, 0.2) is 0 Å². The lowest BCUT2D eigenvalue weighted by atomic mass is 10.0. The molecule has 6 heteroatoms. The molecule has 1 aromatic carbocycles. The van der Waals surface area contributed by atoms with E-state index in [1.54, 1.807) is 9.80 Å². The number of anilines is 1. The summed E-state index contributed by atoms with van der Waals surface area (Å²) in [5, 5.41) is 9.14. The van der Waals surface area contributed by atoms with Gasteiger partial charge in [-0.3, -0.25) is 14.4 Å². The second kappa shape index (κ2) is 7.25. The molecule has 0 radical (unpaired) electrons. The number of hydrogen-bond donors (Lipinski definition) is 1. The molecule has 1 N–H and O–H groups in total. The number of amides is 2.